The fraction of sp³-hybridized carbons (Fsp3) is 0.250. The van der Waals surface area contributed by atoms with Crippen LogP contribution in [0.15, 0.2) is 46.9 Å². The highest BCUT2D eigenvalue weighted by molar-refractivity contribution is 9.10. The van der Waals surface area contributed by atoms with Gasteiger partial charge in [-0.05, 0) is 52.9 Å². The molecule has 0 aromatic heterocycles. The Morgan fingerprint density at radius 2 is 1.65 bits per heavy atom. The molecule has 0 heterocycles. The van der Waals surface area contributed by atoms with E-state index in [-0.39, 0.29) is 0 Å². The van der Waals surface area contributed by atoms with Gasteiger partial charge in [0.15, 0.2) is 0 Å². The third-order valence-electron chi connectivity index (χ3n) is 3.09. The average Bonchev–Trinajstić information content (AvgIpc) is 2.48. The smallest absolute Gasteiger partial charge is 0.0835 e. The highest BCUT2D eigenvalue weighted by Crippen LogP contribution is 2.35. The minimum atomic E-state index is 0.556. The zero-order valence-electron chi connectivity index (χ0n) is 11.0. The predicted molar refractivity (Wildman–Crippen MR) is 92.0 cm³/mol. The summed E-state index contributed by atoms with van der Waals surface area (Å²) in [7, 11) is 0. The zero-order chi connectivity index (χ0) is 14.4. The van der Waals surface area contributed by atoms with E-state index in [1.807, 2.05) is 18.2 Å². The van der Waals surface area contributed by atoms with Crippen LogP contribution in [0.5, 0.6) is 0 Å². The summed E-state index contributed by atoms with van der Waals surface area (Å²) in [5.41, 5.74) is 2.27. The molecule has 0 radical (unpaired) electrons. The molecule has 0 saturated heterocycles. The summed E-state index contributed by atoms with van der Waals surface area (Å²) in [6, 6.07) is 14.4. The van der Waals surface area contributed by atoms with E-state index in [2.05, 4.69) is 45.5 Å². The number of hydrogen-bond donors (Lipinski definition) is 1. The molecule has 0 amide bonds. The third-order valence-corrected chi connectivity index (χ3v) is 4.86. The molecule has 106 valence electrons. The first kappa shape index (κ1) is 15.7. The molecule has 0 aliphatic carbocycles. The van der Waals surface area contributed by atoms with Crippen LogP contribution in [-0.2, 0) is 6.42 Å². The molecule has 20 heavy (non-hydrogen) atoms. The largest absolute Gasteiger partial charge is 0.384 e. The number of halogens is 3. The lowest BCUT2D eigenvalue weighted by molar-refractivity contribution is 0.763. The lowest BCUT2D eigenvalue weighted by Gasteiger charge is -2.10. The second-order valence-electron chi connectivity index (χ2n) is 4.59. The maximum Gasteiger partial charge on any atom is 0.0835 e. The topological polar surface area (TPSA) is 12.0 Å². The summed E-state index contributed by atoms with van der Waals surface area (Å²) in [5.74, 6) is 0. The molecule has 0 atom stereocenters. The van der Waals surface area contributed by atoms with Crippen LogP contribution in [0.3, 0.4) is 0 Å². The molecular weight excluding hydrogens is 357 g/mol. The highest BCUT2D eigenvalue weighted by Gasteiger charge is 2.07. The van der Waals surface area contributed by atoms with Gasteiger partial charge in [-0.25, -0.2) is 0 Å². The van der Waals surface area contributed by atoms with Gasteiger partial charge >= 0.3 is 0 Å². The lowest BCUT2D eigenvalue weighted by atomic mass is 10.1. The van der Waals surface area contributed by atoms with Gasteiger partial charge in [-0.1, -0.05) is 53.5 Å². The van der Waals surface area contributed by atoms with Gasteiger partial charge in [-0.3, -0.25) is 0 Å². The Balaban J connectivity index is 1.75. The van der Waals surface area contributed by atoms with Gasteiger partial charge in [-0.2, -0.15) is 0 Å². The molecule has 1 N–H and O–H groups in total. The number of unbranched alkanes of at least 4 members (excludes halogenated alkanes) is 1. The van der Waals surface area contributed by atoms with Crippen LogP contribution in [0.2, 0.25) is 10.0 Å². The van der Waals surface area contributed by atoms with E-state index in [0.717, 1.165) is 36.0 Å². The van der Waals surface area contributed by atoms with Crippen LogP contribution in [0.1, 0.15) is 18.4 Å². The first-order valence-electron chi connectivity index (χ1n) is 6.60. The molecule has 2 rings (SSSR count). The molecule has 0 spiro atoms. The normalized spacial score (nSPS) is 10.6. The Bertz CT molecular complexity index is 558. The minimum Gasteiger partial charge on any atom is -0.384 e. The van der Waals surface area contributed by atoms with Gasteiger partial charge in [0.1, 0.15) is 0 Å². The average molecular weight is 373 g/mol. The molecule has 0 aliphatic heterocycles. The predicted octanol–water partition coefficient (Wildman–Crippen LogP) is 6.19. The maximum absolute atomic E-state index is 6.18. The summed E-state index contributed by atoms with van der Waals surface area (Å²) in [4.78, 5) is 0. The number of nitrogens with one attached hydrogen (secondary N) is 1. The molecule has 1 nitrogen and oxygen atoms in total. The van der Waals surface area contributed by atoms with Gasteiger partial charge in [0.25, 0.3) is 0 Å². The van der Waals surface area contributed by atoms with Crippen molar-refractivity contribution in [1.82, 2.24) is 0 Å². The zero-order valence-corrected chi connectivity index (χ0v) is 14.1. The quantitative estimate of drug-likeness (QED) is 0.470. The van der Waals surface area contributed by atoms with Crippen LogP contribution < -0.4 is 5.32 Å². The van der Waals surface area contributed by atoms with Gasteiger partial charge in [0, 0.05) is 11.0 Å². The number of aryl methyl sites for hydroxylation is 1. The van der Waals surface area contributed by atoms with E-state index < -0.39 is 0 Å². The van der Waals surface area contributed by atoms with Gasteiger partial charge in [0.05, 0.1) is 15.7 Å². The van der Waals surface area contributed by atoms with E-state index in [1.165, 1.54) is 5.56 Å². The SMILES string of the molecule is Clc1c(Br)ccc(NCCCCc2ccccc2)c1Cl. The molecule has 4 heteroatoms. The van der Waals surface area contributed by atoms with Crippen LogP contribution in [-0.4, -0.2) is 6.54 Å². The fourth-order valence-electron chi connectivity index (χ4n) is 1.98. The van der Waals surface area contributed by atoms with Gasteiger partial charge in [-0.15, -0.1) is 0 Å². The van der Waals surface area contributed by atoms with Crippen LogP contribution in [0.4, 0.5) is 5.69 Å². The molecule has 0 aliphatic rings. The van der Waals surface area contributed by atoms with Crippen molar-refractivity contribution in [2.45, 2.75) is 19.3 Å². The summed E-state index contributed by atoms with van der Waals surface area (Å²) in [6.07, 6.45) is 3.36. The van der Waals surface area contributed by atoms with Crippen molar-refractivity contribution in [2.24, 2.45) is 0 Å². The van der Waals surface area contributed by atoms with E-state index in [9.17, 15) is 0 Å². The van der Waals surface area contributed by atoms with Crippen molar-refractivity contribution >= 4 is 44.8 Å². The summed E-state index contributed by atoms with van der Waals surface area (Å²) < 4.78 is 0.818. The van der Waals surface area contributed by atoms with Crippen molar-refractivity contribution in [1.29, 1.82) is 0 Å². The number of anilines is 1. The molecule has 0 fully saturated rings. The molecule has 2 aromatic rings. The molecule has 0 saturated carbocycles. The van der Waals surface area contributed by atoms with Gasteiger partial charge < -0.3 is 5.32 Å². The van der Waals surface area contributed by atoms with E-state index in [0.29, 0.717) is 10.0 Å². The monoisotopic (exact) mass is 371 g/mol. The summed E-state index contributed by atoms with van der Waals surface area (Å²) in [6.45, 7) is 0.893. The van der Waals surface area contributed by atoms with Crippen molar-refractivity contribution in [3.05, 3.63) is 62.5 Å². The van der Waals surface area contributed by atoms with Crippen molar-refractivity contribution in [3.8, 4) is 0 Å². The van der Waals surface area contributed by atoms with E-state index >= 15 is 0 Å². The second kappa shape index (κ2) is 7.92. The Labute approximate surface area is 138 Å². The fourth-order valence-corrected chi connectivity index (χ4v) is 2.83. The molecule has 2 aromatic carbocycles. The first-order valence-corrected chi connectivity index (χ1v) is 8.14. The number of rotatable bonds is 6. The van der Waals surface area contributed by atoms with Crippen molar-refractivity contribution in [3.63, 3.8) is 0 Å². The van der Waals surface area contributed by atoms with Crippen molar-refractivity contribution < 1.29 is 0 Å². The Morgan fingerprint density at radius 1 is 0.900 bits per heavy atom. The summed E-state index contributed by atoms with van der Waals surface area (Å²) in [5, 5.41) is 4.46. The van der Waals surface area contributed by atoms with Gasteiger partial charge in [0.2, 0.25) is 0 Å². The van der Waals surface area contributed by atoms with Crippen LogP contribution in [0.25, 0.3) is 0 Å². The summed E-state index contributed by atoms with van der Waals surface area (Å²) >= 11 is 15.6. The number of hydrogen-bond acceptors (Lipinski definition) is 1. The minimum absolute atomic E-state index is 0.556. The third kappa shape index (κ3) is 4.41. The van der Waals surface area contributed by atoms with E-state index in [1.54, 1.807) is 0 Å². The van der Waals surface area contributed by atoms with Crippen LogP contribution >= 0.6 is 39.1 Å². The maximum atomic E-state index is 6.18. The molecule has 0 bridgehead atoms. The lowest BCUT2D eigenvalue weighted by Crippen LogP contribution is -2.02. The molecule has 0 unspecified atom stereocenters. The Kier molecular flexibility index (Phi) is 6.21. The first-order chi connectivity index (χ1) is 9.68. The highest BCUT2D eigenvalue weighted by atomic mass is 79.9. The van der Waals surface area contributed by atoms with E-state index in [4.69, 9.17) is 23.2 Å². The number of benzene rings is 2. The second-order valence-corrected chi connectivity index (χ2v) is 6.20. The van der Waals surface area contributed by atoms with Crippen LogP contribution in [0, 0.1) is 0 Å². The van der Waals surface area contributed by atoms with Crippen molar-refractivity contribution in [2.75, 3.05) is 11.9 Å². The molecular formula is C16H16BrCl2N. The Hall–Kier alpha value is -0.700. The Morgan fingerprint density at radius 3 is 2.40 bits per heavy atom. The standard InChI is InChI=1S/C16H16BrCl2N/c17-13-9-10-14(16(19)15(13)18)20-11-5-4-8-12-6-2-1-3-7-12/h1-3,6-7,9-10,20H,4-5,8,11H2.